The Labute approximate surface area is 149 Å². The lowest BCUT2D eigenvalue weighted by Crippen LogP contribution is -2.31. The zero-order chi connectivity index (χ0) is 18.3. The molecule has 0 bridgehead atoms. The molecule has 1 N–H and O–H groups in total. The highest BCUT2D eigenvalue weighted by atomic mass is 19.1. The molecule has 2 unspecified atom stereocenters. The number of hydrogen-bond acceptors (Lipinski definition) is 1. The van der Waals surface area contributed by atoms with Gasteiger partial charge < -0.3 is 5.11 Å². The number of halogens is 1. The largest absolute Gasteiger partial charge is 0.478 e. The topological polar surface area (TPSA) is 37.3 Å². The van der Waals surface area contributed by atoms with Crippen LogP contribution in [0.3, 0.4) is 0 Å². The van der Waals surface area contributed by atoms with Gasteiger partial charge in [0.2, 0.25) is 0 Å². The third-order valence-electron chi connectivity index (χ3n) is 4.98. The molecule has 2 aromatic rings. The van der Waals surface area contributed by atoms with E-state index in [1.165, 1.54) is 0 Å². The molecule has 0 fully saturated rings. The Morgan fingerprint density at radius 2 is 1.64 bits per heavy atom. The number of carboxylic acid groups (broad SMARTS) is 1. The van der Waals surface area contributed by atoms with E-state index in [1.807, 2.05) is 37.3 Å². The zero-order valence-corrected chi connectivity index (χ0v) is 15.0. The highest BCUT2D eigenvalue weighted by Crippen LogP contribution is 2.42. The lowest BCUT2D eigenvalue weighted by Gasteiger charge is -2.36. The molecule has 0 spiro atoms. The van der Waals surface area contributed by atoms with Gasteiger partial charge in [-0.3, -0.25) is 0 Å². The predicted molar refractivity (Wildman–Crippen MR) is 100.0 cm³/mol. The van der Waals surface area contributed by atoms with E-state index in [0.29, 0.717) is 12.8 Å². The van der Waals surface area contributed by atoms with E-state index in [0.717, 1.165) is 30.4 Å². The van der Waals surface area contributed by atoms with Gasteiger partial charge in [-0.2, -0.15) is 0 Å². The van der Waals surface area contributed by atoms with Gasteiger partial charge in [-0.15, -0.1) is 0 Å². The molecule has 25 heavy (non-hydrogen) atoms. The first-order valence-electron chi connectivity index (χ1n) is 9.07. The molecule has 2 nitrogen and oxygen atoms in total. The molecule has 0 saturated carbocycles. The van der Waals surface area contributed by atoms with E-state index in [4.69, 9.17) is 5.11 Å². The van der Waals surface area contributed by atoms with Gasteiger partial charge in [-0.25, -0.2) is 9.18 Å². The van der Waals surface area contributed by atoms with Crippen LogP contribution >= 0.6 is 0 Å². The normalized spacial score (nSPS) is 14.7. The van der Waals surface area contributed by atoms with Gasteiger partial charge in [-0.05, 0) is 42.5 Å². The van der Waals surface area contributed by atoms with E-state index >= 15 is 0 Å². The number of carbonyl (C=O) groups is 1. The molecule has 0 radical (unpaired) electrons. The summed E-state index contributed by atoms with van der Waals surface area (Å²) in [6.45, 7) is 4.00. The van der Waals surface area contributed by atoms with E-state index in [9.17, 15) is 9.18 Å². The zero-order valence-electron chi connectivity index (χ0n) is 15.0. The van der Waals surface area contributed by atoms with Crippen LogP contribution in [-0.4, -0.2) is 17.2 Å². The van der Waals surface area contributed by atoms with Gasteiger partial charge >= 0.3 is 5.97 Å². The Kier molecular flexibility index (Phi) is 6.74. The molecular formula is C22H27FO2. The van der Waals surface area contributed by atoms with Crippen molar-refractivity contribution >= 4 is 5.97 Å². The smallest absolute Gasteiger partial charge is 0.335 e. The standard InChI is InChI=1S/C22H27FO2/c1-3-5-15-22(16-20(23)4-2,18-9-7-6-8-10-18)19-13-11-17(12-14-19)21(24)25/h6-14,20H,3-5,15-16H2,1-2H3,(H,24,25). The van der Waals surface area contributed by atoms with Crippen molar-refractivity contribution in [1.82, 2.24) is 0 Å². The second-order valence-corrected chi connectivity index (χ2v) is 6.64. The molecule has 0 aliphatic carbocycles. The Morgan fingerprint density at radius 1 is 1.04 bits per heavy atom. The summed E-state index contributed by atoms with van der Waals surface area (Å²) >= 11 is 0. The highest BCUT2D eigenvalue weighted by molar-refractivity contribution is 5.87. The number of alkyl halides is 1. The summed E-state index contributed by atoms with van der Waals surface area (Å²) < 4.78 is 14.5. The van der Waals surface area contributed by atoms with E-state index in [2.05, 4.69) is 19.1 Å². The van der Waals surface area contributed by atoms with Crippen LogP contribution in [0.15, 0.2) is 54.6 Å². The number of carboxylic acids is 1. The Hall–Kier alpha value is -2.16. The first-order valence-corrected chi connectivity index (χ1v) is 9.07. The molecule has 2 rings (SSSR count). The Balaban J connectivity index is 2.56. The van der Waals surface area contributed by atoms with Crippen LogP contribution in [0, 0.1) is 0 Å². The van der Waals surface area contributed by atoms with Crippen LogP contribution in [0.4, 0.5) is 4.39 Å². The van der Waals surface area contributed by atoms with E-state index in [1.54, 1.807) is 12.1 Å². The van der Waals surface area contributed by atoms with Crippen LogP contribution in [0.5, 0.6) is 0 Å². The minimum Gasteiger partial charge on any atom is -0.478 e. The fourth-order valence-corrected chi connectivity index (χ4v) is 3.48. The number of aromatic carboxylic acids is 1. The molecule has 0 amide bonds. The molecule has 2 aromatic carbocycles. The molecular weight excluding hydrogens is 315 g/mol. The maximum Gasteiger partial charge on any atom is 0.335 e. The second kappa shape index (κ2) is 8.80. The second-order valence-electron chi connectivity index (χ2n) is 6.64. The lowest BCUT2D eigenvalue weighted by molar-refractivity contribution is 0.0697. The number of unbranched alkanes of at least 4 members (excludes halogenated alkanes) is 1. The average molecular weight is 342 g/mol. The summed E-state index contributed by atoms with van der Waals surface area (Å²) in [7, 11) is 0. The summed E-state index contributed by atoms with van der Waals surface area (Å²) in [5.41, 5.74) is 1.92. The van der Waals surface area contributed by atoms with Crippen molar-refractivity contribution in [3.63, 3.8) is 0 Å². The van der Waals surface area contributed by atoms with Crippen molar-refractivity contribution in [2.75, 3.05) is 0 Å². The van der Waals surface area contributed by atoms with Crippen LogP contribution in [0.2, 0.25) is 0 Å². The molecule has 0 heterocycles. The summed E-state index contributed by atoms with van der Waals surface area (Å²) in [6.07, 6.45) is 2.88. The van der Waals surface area contributed by atoms with Gasteiger partial charge in [0.1, 0.15) is 6.17 Å². The van der Waals surface area contributed by atoms with Gasteiger partial charge in [-0.1, -0.05) is 69.2 Å². The SMILES string of the molecule is CCCCC(CC(F)CC)(c1ccccc1)c1ccc(C(=O)O)cc1. The van der Waals surface area contributed by atoms with Crippen LogP contribution in [0.1, 0.15) is 67.4 Å². The molecule has 0 aliphatic heterocycles. The Bertz CT molecular complexity index is 666. The van der Waals surface area contributed by atoms with Gasteiger partial charge in [0, 0.05) is 5.41 Å². The van der Waals surface area contributed by atoms with Crippen LogP contribution < -0.4 is 0 Å². The minimum atomic E-state index is -0.942. The third kappa shape index (κ3) is 4.47. The number of benzene rings is 2. The summed E-state index contributed by atoms with van der Waals surface area (Å²) in [5.74, 6) is -0.942. The number of hydrogen-bond donors (Lipinski definition) is 1. The average Bonchev–Trinajstić information content (AvgIpc) is 2.65. The predicted octanol–water partition coefficient (Wildman–Crippen LogP) is 6.00. The fourth-order valence-electron chi connectivity index (χ4n) is 3.48. The van der Waals surface area contributed by atoms with Crippen LogP contribution in [0.25, 0.3) is 0 Å². The van der Waals surface area contributed by atoms with Crippen molar-refractivity contribution in [2.45, 2.75) is 57.5 Å². The van der Waals surface area contributed by atoms with Gasteiger partial charge in [0.05, 0.1) is 5.56 Å². The molecule has 0 saturated heterocycles. The molecule has 3 heteroatoms. The van der Waals surface area contributed by atoms with Crippen molar-refractivity contribution < 1.29 is 14.3 Å². The minimum absolute atomic E-state index is 0.258. The quantitative estimate of drug-likeness (QED) is 0.607. The van der Waals surface area contributed by atoms with Gasteiger partial charge in [0.15, 0.2) is 0 Å². The lowest BCUT2D eigenvalue weighted by atomic mass is 9.67. The highest BCUT2D eigenvalue weighted by Gasteiger charge is 2.36. The molecule has 134 valence electrons. The third-order valence-corrected chi connectivity index (χ3v) is 4.98. The fraction of sp³-hybridized carbons (Fsp3) is 0.409. The van der Waals surface area contributed by atoms with Crippen molar-refractivity contribution in [3.05, 3.63) is 71.3 Å². The van der Waals surface area contributed by atoms with E-state index in [-0.39, 0.29) is 5.56 Å². The Morgan fingerprint density at radius 3 is 2.16 bits per heavy atom. The van der Waals surface area contributed by atoms with Crippen molar-refractivity contribution in [2.24, 2.45) is 0 Å². The van der Waals surface area contributed by atoms with Gasteiger partial charge in [0.25, 0.3) is 0 Å². The summed E-state index contributed by atoms with van der Waals surface area (Å²) in [5, 5.41) is 9.16. The maximum absolute atomic E-state index is 14.5. The first kappa shape index (κ1) is 19.2. The summed E-state index contributed by atoms with van der Waals surface area (Å²) in [4.78, 5) is 11.2. The number of rotatable bonds is 9. The summed E-state index contributed by atoms with van der Waals surface area (Å²) in [6, 6.07) is 17.0. The first-order chi connectivity index (χ1) is 12.0. The molecule has 0 aromatic heterocycles. The molecule has 2 atom stereocenters. The van der Waals surface area contributed by atoms with Crippen molar-refractivity contribution in [1.29, 1.82) is 0 Å². The monoisotopic (exact) mass is 342 g/mol. The van der Waals surface area contributed by atoms with Crippen LogP contribution in [-0.2, 0) is 5.41 Å². The molecule has 0 aliphatic rings. The van der Waals surface area contributed by atoms with E-state index < -0.39 is 17.6 Å². The maximum atomic E-state index is 14.5. The van der Waals surface area contributed by atoms with Crippen molar-refractivity contribution in [3.8, 4) is 0 Å².